The van der Waals surface area contributed by atoms with Gasteiger partial charge in [0.15, 0.2) is 0 Å². The second-order valence-electron chi connectivity index (χ2n) is 0.621. The maximum atomic E-state index is 8.07. The average Bonchev–Trinajstić information content (AvgIpc) is 1.97. The Labute approximate surface area is 81.6 Å². The Morgan fingerprint density at radius 2 is 1.10 bits per heavy atom. The molecular weight excluding hydrogens is 244 g/mol. The molecule has 0 rings (SSSR count). The zero-order valence-electron chi connectivity index (χ0n) is 4.34. The predicted octanol–water partition coefficient (Wildman–Crippen LogP) is 3.92. The fourth-order valence-corrected chi connectivity index (χ4v) is 8.58. The van der Waals surface area contributed by atoms with Crippen molar-refractivity contribution >= 4 is 60.9 Å². The van der Waals surface area contributed by atoms with Gasteiger partial charge in [0.2, 0.25) is 0 Å². The number of rotatable bonds is 5. The number of nitrogens with zero attached hydrogens (tertiary/aromatic N) is 2. The summed E-state index contributed by atoms with van der Waals surface area (Å²) in [6.45, 7) is 0. The molecule has 0 amide bonds. The molecule has 0 aliphatic heterocycles. The first-order chi connectivity index (χ1) is 4.91. The quantitative estimate of drug-likeness (QED) is 0.410. The van der Waals surface area contributed by atoms with Crippen LogP contribution in [0.25, 0.3) is 0 Å². The van der Waals surface area contributed by atoms with Crippen molar-refractivity contribution in [3.63, 3.8) is 0 Å². The fraction of sp³-hybridized carbons (Fsp3) is 0. The lowest BCUT2D eigenvalue weighted by molar-refractivity contribution is 1.57. The van der Waals surface area contributed by atoms with E-state index in [-0.39, 0.29) is 0 Å². The minimum Gasteiger partial charge on any atom is -0.184 e. The van der Waals surface area contributed by atoms with E-state index in [0.717, 1.165) is 21.6 Å². The summed E-state index contributed by atoms with van der Waals surface area (Å²) in [7, 11) is 8.01. The zero-order valence-corrected chi connectivity index (χ0v) is 9.24. The Hall–Kier alpha value is 1.08. The van der Waals surface area contributed by atoms with Crippen molar-refractivity contribution in [3.05, 3.63) is 0 Å². The van der Waals surface area contributed by atoms with Gasteiger partial charge in [-0.3, -0.25) is 0 Å². The standard InChI is InChI=1S/C2N2S6/c3-1-5-7-9-10-8-6-2-4. The number of hydrogen-bond acceptors (Lipinski definition) is 8. The van der Waals surface area contributed by atoms with Gasteiger partial charge in [0, 0.05) is 60.9 Å². The van der Waals surface area contributed by atoms with E-state index in [1.165, 1.54) is 39.3 Å². The van der Waals surface area contributed by atoms with Gasteiger partial charge in [0.25, 0.3) is 0 Å². The van der Waals surface area contributed by atoms with Crippen LogP contribution in [0.15, 0.2) is 0 Å². The molecule has 0 aliphatic carbocycles. The highest BCUT2D eigenvalue weighted by atomic mass is 33.9. The highest BCUT2D eigenvalue weighted by Gasteiger charge is 1.91. The van der Waals surface area contributed by atoms with Crippen molar-refractivity contribution in [2.45, 2.75) is 0 Å². The van der Waals surface area contributed by atoms with Crippen LogP contribution in [0.3, 0.4) is 0 Å². The molecule has 0 atom stereocenters. The van der Waals surface area contributed by atoms with E-state index < -0.39 is 0 Å². The van der Waals surface area contributed by atoms with Crippen molar-refractivity contribution < 1.29 is 0 Å². The number of thiocyanates is 2. The van der Waals surface area contributed by atoms with Crippen molar-refractivity contribution in [2.75, 3.05) is 0 Å². The van der Waals surface area contributed by atoms with Gasteiger partial charge >= 0.3 is 0 Å². The van der Waals surface area contributed by atoms with Crippen LogP contribution in [-0.2, 0) is 0 Å². The van der Waals surface area contributed by atoms with E-state index in [1.807, 2.05) is 10.8 Å². The third kappa shape index (κ3) is 9.08. The summed E-state index contributed by atoms with van der Waals surface area (Å²) in [5.41, 5.74) is 0. The van der Waals surface area contributed by atoms with E-state index in [4.69, 9.17) is 10.5 Å². The molecule has 0 aromatic carbocycles. The summed E-state index contributed by atoms with van der Waals surface area (Å²) >= 11 is 0. The number of hydrogen-bond donors (Lipinski definition) is 0. The predicted molar refractivity (Wildman–Crippen MR) is 56.8 cm³/mol. The first-order valence-electron chi connectivity index (χ1n) is 1.69. The second-order valence-corrected chi connectivity index (χ2v) is 9.40. The summed E-state index contributed by atoms with van der Waals surface area (Å²) < 4.78 is 0. The molecular formula is C2N2S6. The maximum absolute atomic E-state index is 8.07. The Kier molecular flexibility index (Phi) is 11.2. The molecule has 2 nitrogen and oxygen atoms in total. The second kappa shape index (κ2) is 10.1. The van der Waals surface area contributed by atoms with E-state index in [1.54, 1.807) is 0 Å². The number of nitriles is 2. The zero-order chi connectivity index (χ0) is 7.66. The lowest BCUT2D eigenvalue weighted by Gasteiger charge is -1.87. The summed E-state index contributed by atoms with van der Waals surface area (Å²) in [4.78, 5) is 0. The molecule has 0 saturated heterocycles. The monoisotopic (exact) mass is 244 g/mol. The molecule has 0 aliphatic rings. The highest BCUT2D eigenvalue weighted by molar-refractivity contribution is 9.42. The van der Waals surface area contributed by atoms with Crippen LogP contribution in [0.1, 0.15) is 0 Å². The van der Waals surface area contributed by atoms with Gasteiger partial charge < -0.3 is 0 Å². The molecule has 10 heavy (non-hydrogen) atoms. The van der Waals surface area contributed by atoms with Gasteiger partial charge in [-0.25, -0.2) is 0 Å². The van der Waals surface area contributed by atoms with Crippen molar-refractivity contribution in [1.82, 2.24) is 0 Å². The summed E-state index contributed by atoms with van der Waals surface area (Å²) in [5, 5.41) is 20.0. The Morgan fingerprint density at radius 1 is 0.700 bits per heavy atom. The van der Waals surface area contributed by atoms with Gasteiger partial charge in [-0.15, -0.1) is 0 Å². The minimum absolute atomic E-state index is 1.12. The molecule has 0 fully saturated rings. The first-order valence-corrected chi connectivity index (χ1v) is 9.17. The van der Waals surface area contributed by atoms with Crippen LogP contribution in [0, 0.1) is 21.3 Å². The molecule has 0 aromatic heterocycles. The van der Waals surface area contributed by atoms with Gasteiger partial charge in [-0.1, -0.05) is 0 Å². The summed E-state index contributed by atoms with van der Waals surface area (Å²) in [6, 6.07) is 0. The third-order valence-electron chi connectivity index (χ3n) is 0.226. The minimum atomic E-state index is 1.12. The van der Waals surface area contributed by atoms with E-state index in [9.17, 15) is 0 Å². The van der Waals surface area contributed by atoms with Crippen LogP contribution in [0.5, 0.6) is 0 Å². The van der Waals surface area contributed by atoms with Gasteiger partial charge in [0.05, 0.1) is 0 Å². The maximum Gasteiger partial charge on any atom is 0.145 e. The Morgan fingerprint density at radius 3 is 1.40 bits per heavy atom. The van der Waals surface area contributed by atoms with Crippen molar-refractivity contribution in [3.8, 4) is 10.8 Å². The summed E-state index contributed by atoms with van der Waals surface area (Å²) in [6.07, 6.45) is 0. The molecule has 0 bridgehead atoms. The Balaban J connectivity index is 2.80. The first kappa shape index (κ1) is 11.1. The molecule has 0 aromatic rings. The smallest absolute Gasteiger partial charge is 0.145 e. The topological polar surface area (TPSA) is 47.6 Å². The Bertz CT molecular complexity index is 127. The largest absolute Gasteiger partial charge is 0.184 e. The third-order valence-corrected chi connectivity index (χ3v) is 9.26. The molecule has 0 heterocycles. The van der Waals surface area contributed by atoms with Gasteiger partial charge in [-0.2, -0.15) is 10.5 Å². The highest BCUT2D eigenvalue weighted by Crippen LogP contribution is 2.51. The molecule has 0 saturated carbocycles. The van der Waals surface area contributed by atoms with Crippen molar-refractivity contribution in [1.29, 1.82) is 10.5 Å². The van der Waals surface area contributed by atoms with Crippen LogP contribution in [-0.4, -0.2) is 0 Å². The molecule has 54 valence electrons. The molecule has 8 heteroatoms. The lowest BCUT2D eigenvalue weighted by atomic mass is 11.8. The van der Waals surface area contributed by atoms with Crippen LogP contribution < -0.4 is 0 Å². The van der Waals surface area contributed by atoms with E-state index >= 15 is 0 Å². The molecule has 0 unspecified atom stereocenters. The van der Waals surface area contributed by atoms with Crippen molar-refractivity contribution in [2.24, 2.45) is 0 Å². The van der Waals surface area contributed by atoms with Gasteiger partial charge in [0.1, 0.15) is 10.8 Å². The summed E-state index contributed by atoms with van der Waals surface area (Å²) in [5.74, 6) is 0. The van der Waals surface area contributed by atoms with Gasteiger partial charge in [-0.05, 0) is 0 Å². The van der Waals surface area contributed by atoms with Crippen LogP contribution in [0.2, 0.25) is 0 Å². The molecule has 0 spiro atoms. The van der Waals surface area contributed by atoms with E-state index in [0.29, 0.717) is 0 Å². The normalized spacial score (nSPS) is 8.20. The molecule has 0 radical (unpaired) electrons. The van der Waals surface area contributed by atoms with E-state index in [2.05, 4.69) is 0 Å². The van der Waals surface area contributed by atoms with Crippen LogP contribution in [0.4, 0.5) is 0 Å². The van der Waals surface area contributed by atoms with Crippen LogP contribution >= 0.6 is 60.9 Å². The fourth-order valence-electron chi connectivity index (χ4n) is 0.0809. The molecule has 0 N–H and O–H groups in total. The lowest BCUT2D eigenvalue weighted by Crippen LogP contribution is -1.33. The SMILES string of the molecule is N#CSSSSSSC#N. The average molecular weight is 244 g/mol.